The lowest BCUT2D eigenvalue weighted by Gasteiger charge is -2.18. The number of carbonyl (C=O) groups excluding carboxylic acids is 1. The summed E-state index contributed by atoms with van der Waals surface area (Å²) in [6, 6.07) is 3.53. The van der Waals surface area contributed by atoms with E-state index in [0.717, 1.165) is 37.0 Å². The second-order valence-electron chi connectivity index (χ2n) is 3.01. The van der Waals surface area contributed by atoms with E-state index in [4.69, 9.17) is 16.3 Å². The van der Waals surface area contributed by atoms with Gasteiger partial charge in [0.15, 0.2) is 6.29 Å². The van der Waals surface area contributed by atoms with Gasteiger partial charge in [-0.2, -0.15) is 0 Å². The van der Waals surface area contributed by atoms with Gasteiger partial charge in [0.1, 0.15) is 5.75 Å². The SMILES string of the molecule is O=Cc1c(Cl)ccc2c1CCCO2. The van der Waals surface area contributed by atoms with Gasteiger partial charge in [0.05, 0.1) is 11.6 Å². The number of hydrogen-bond acceptors (Lipinski definition) is 2. The molecule has 1 aliphatic heterocycles. The highest BCUT2D eigenvalue weighted by atomic mass is 35.5. The molecule has 0 aliphatic carbocycles. The van der Waals surface area contributed by atoms with Crippen molar-refractivity contribution in [3.8, 4) is 5.75 Å². The Labute approximate surface area is 81.5 Å². The summed E-state index contributed by atoms with van der Waals surface area (Å²) in [6.45, 7) is 0.729. The number of carbonyl (C=O) groups is 1. The lowest BCUT2D eigenvalue weighted by atomic mass is 10.0. The summed E-state index contributed by atoms with van der Waals surface area (Å²) in [4.78, 5) is 10.8. The van der Waals surface area contributed by atoms with Crippen LogP contribution in [0.25, 0.3) is 0 Å². The standard InChI is InChI=1S/C10H9ClO2/c11-9-3-4-10-7(8(9)6-12)2-1-5-13-10/h3-4,6H,1-2,5H2. The maximum absolute atomic E-state index is 10.8. The topological polar surface area (TPSA) is 26.3 Å². The summed E-state index contributed by atoms with van der Waals surface area (Å²) in [5.41, 5.74) is 1.53. The van der Waals surface area contributed by atoms with Gasteiger partial charge in [0.25, 0.3) is 0 Å². The third-order valence-corrected chi connectivity index (χ3v) is 2.54. The Morgan fingerprint density at radius 2 is 2.31 bits per heavy atom. The molecule has 1 heterocycles. The lowest BCUT2D eigenvalue weighted by molar-refractivity contribution is 0.112. The highest BCUT2D eigenvalue weighted by Gasteiger charge is 2.16. The van der Waals surface area contributed by atoms with Crippen LogP contribution in [0.15, 0.2) is 12.1 Å². The first kappa shape index (κ1) is 8.57. The van der Waals surface area contributed by atoms with Crippen molar-refractivity contribution in [3.63, 3.8) is 0 Å². The van der Waals surface area contributed by atoms with Gasteiger partial charge in [-0.15, -0.1) is 0 Å². The first-order valence-corrected chi connectivity index (χ1v) is 4.60. The molecule has 0 saturated heterocycles. The van der Waals surface area contributed by atoms with Crippen LogP contribution in [-0.4, -0.2) is 12.9 Å². The Balaban J connectivity index is 2.58. The smallest absolute Gasteiger partial charge is 0.151 e. The van der Waals surface area contributed by atoms with Crippen molar-refractivity contribution in [3.05, 3.63) is 28.3 Å². The summed E-state index contributed by atoms with van der Waals surface area (Å²) in [5.74, 6) is 0.803. The van der Waals surface area contributed by atoms with Gasteiger partial charge < -0.3 is 4.74 Å². The summed E-state index contributed by atoms with van der Waals surface area (Å²) in [6.07, 6.45) is 2.63. The zero-order valence-electron chi connectivity index (χ0n) is 7.05. The molecule has 1 aliphatic rings. The fraction of sp³-hybridized carbons (Fsp3) is 0.300. The maximum Gasteiger partial charge on any atom is 0.151 e. The van der Waals surface area contributed by atoms with E-state index in [1.807, 2.05) is 6.07 Å². The van der Waals surface area contributed by atoms with Crippen LogP contribution in [-0.2, 0) is 6.42 Å². The molecule has 0 N–H and O–H groups in total. The second-order valence-corrected chi connectivity index (χ2v) is 3.41. The van der Waals surface area contributed by atoms with Gasteiger partial charge in [-0.1, -0.05) is 11.6 Å². The van der Waals surface area contributed by atoms with Crippen molar-refractivity contribution < 1.29 is 9.53 Å². The molecule has 68 valence electrons. The van der Waals surface area contributed by atoms with Crippen molar-refractivity contribution in [2.75, 3.05) is 6.61 Å². The van der Waals surface area contributed by atoms with Crippen LogP contribution >= 0.6 is 11.6 Å². The van der Waals surface area contributed by atoms with Crippen LogP contribution in [0.5, 0.6) is 5.75 Å². The second kappa shape index (κ2) is 3.38. The fourth-order valence-corrected chi connectivity index (χ4v) is 1.79. The monoisotopic (exact) mass is 196 g/mol. The van der Waals surface area contributed by atoms with Gasteiger partial charge in [0, 0.05) is 11.1 Å². The predicted molar refractivity (Wildman–Crippen MR) is 50.7 cm³/mol. The number of ether oxygens (including phenoxy) is 1. The van der Waals surface area contributed by atoms with E-state index in [9.17, 15) is 4.79 Å². The zero-order chi connectivity index (χ0) is 9.26. The molecule has 0 aromatic heterocycles. The molecule has 0 atom stereocenters. The Morgan fingerprint density at radius 3 is 3.08 bits per heavy atom. The lowest BCUT2D eigenvalue weighted by Crippen LogP contribution is -2.10. The van der Waals surface area contributed by atoms with E-state index >= 15 is 0 Å². The molecule has 13 heavy (non-hydrogen) atoms. The van der Waals surface area contributed by atoms with Gasteiger partial charge in [-0.3, -0.25) is 4.79 Å². The van der Waals surface area contributed by atoms with Crippen LogP contribution in [0.1, 0.15) is 22.3 Å². The molecule has 0 spiro atoms. The third kappa shape index (κ3) is 1.42. The van der Waals surface area contributed by atoms with Crippen molar-refractivity contribution in [2.45, 2.75) is 12.8 Å². The molecule has 1 aromatic carbocycles. The van der Waals surface area contributed by atoms with E-state index in [0.29, 0.717) is 10.6 Å². The minimum absolute atomic E-state index is 0.513. The molecule has 0 radical (unpaired) electrons. The molecule has 0 saturated carbocycles. The van der Waals surface area contributed by atoms with Crippen LogP contribution in [0.2, 0.25) is 5.02 Å². The largest absolute Gasteiger partial charge is 0.493 e. The Morgan fingerprint density at radius 1 is 1.46 bits per heavy atom. The molecule has 0 unspecified atom stereocenters. The molecular weight excluding hydrogens is 188 g/mol. The minimum Gasteiger partial charge on any atom is -0.493 e. The zero-order valence-corrected chi connectivity index (χ0v) is 7.80. The van der Waals surface area contributed by atoms with E-state index in [1.54, 1.807) is 6.07 Å². The molecule has 0 amide bonds. The van der Waals surface area contributed by atoms with Gasteiger partial charge in [-0.25, -0.2) is 0 Å². The number of aldehydes is 1. The van der Waals surface area contributed by atoms with Gasteiger partial charge in [-0.05, 0) is 25.0 Å². The van der Waals surface area contributed by atoms with Crippen molar-refractivity contribution in [1.82, 2.24) is 0 Å². The van der Waals surface area contributed by atoms with E-state index in [-0.39, 0.29) is 0 Å². The van der Waals surface area contributed by atoms with Crippen molar-refractivity contribution in [2.24, 2.45) is 0 Å². The first-order chi connectivity index (χ1) is 6.33. The van der Waals surface area contributed by atoms with E-state index in [2.05, 4.69) is 0 Å². The summed E-state index contributed by atoms with van der Waals surface area (Å²) >= 11 is 5.87. The van der Waals surface area contributed by atoms with Crippen molar-refractivity contribution in [1.29, 1.82) is 0 Å². The molecular formula is C10H9ClO2. The first-order valence-electron chi connectivity index (χ1n) is 4.22. The Kier molecular flexibility index (Phi) is 2.23. The molecule has 2 nitrogen and oxygen atoms in total. The van der Waals surface area contributed by atoms with Gasteiger partial charge >= 0.3 is 0 Å². The number of halogens is 1. The minimum atomic E-state index is 0.513. The van der Waals surface area contributed by atoms with Crippen LogP contribution in [0, 0.1) is 0 Å². The number of benzene rings is 1. The molecule has 3 heteroatoms. The van der Waals surface area contributed by atoms with Crippen LogP contribution < -0.4 is 4.74 Å². The number of hydrogen-bond donors (Lipinski definition) is 0. The van der Waals surface area contributed by atoms with Crippen LogP contribution in [0.3, 0.4) is 0 Å². The third-order valence-electron chi connectivity index (χ3n) is 2.21. The summed E-state index contributed by atoms with van der Waals surface area (Å²) in [7, 11) is 0. The van der Waals surface area contributed by atoms with Gasteiger partial charge in [0.2, 0.25) is 0 Å². The summed E-state index contributed by atoms with van der Waals surface area (Å²) < 4.78 is 5.40. The molecule has 2 rings (SSSR count). The maximum atomic E-state index is 10.8. The molecule has 0 fully saturated rings. The molecule has 1 aromatic rings. The highest BCUT2D eigenvalue weighted by Crippen LogP contribution is 2.31. The molecule has 0 bridgehead atoms. The van der Waals surface area contributed by atoms with E-state index in [1.165, 1.54) is 0 Å². The van der Waals surface area contributed by atoms with E-state index < -0.39 is 0 Å². The van der Waals surface area contributed by atoms with Crippen molar-refractivity contribution >= 4 is 17.9 Å². The Hall–Kier alpha value is -1.02. The average Bonchev–Trinajstić information content (AvgIpc) is 2.18. The quantitative estimate of drug-likeness (QED) is 0.645. The number of fused-ring (bicyclic) bond motifs is 1. The predicted octanol–water partition coefficient (Wildman–Crippen LogP) is 2.48. The normalized spacial score (nSPS) is 14.5. The van der Waals surface area contributed by atoms with Crippen LogP contribution in [0.4, 0.5) is 0 Å². The Bertz CT molecular complexity index is 347. The summed E-state index contributed by atoms with van der Waals surface area (Å²) in [5, 5.41) is 0.513. The average molecular weight is 197 g/mol. The number of rotatable bonds is 1. The highest BCUT2D eigenvalue weighted by molar-refractivity contribution is 6.33. The fourth-order valence-electron chi connectivity index (χ4n) is 1.57.